The van der Waals surface area contributed by atoms with Crippen molar-refractivity contribution in [1.82, 2.24) is 4.57 Å². The molecule has 11 aromatic carbocycles. The highest BCUT2D eigenvalue weighted by molar-refractivity contribution is 7.25. The molecular weight excluding hydrogens is 997 g/mol. The second-order valence-corrected chi connectivity index (χ2v) is 22.1. The number of aliphatic imine (C=N–C) groups is 1. The molecule has 0 aliphatic heterocycles. The van der Waals surface area contributed by atoms with Gasteiger partial charge in [-0.3, -0.25) is 0 Å². The lowest BCUT2D eigenvalue weighted by molar-refractivity contribution is 0.739. The molecule has 1 aliphatic rings. The molecule has 2 heterocycles. The summed E-state index contributed by atoms with van der Waals surface area (Å²) < 4.78 is 5.18. The summed E-state index contributed by atoms with van der Waals surface area (Å²) in [5.74, 6) is 0.442. The van der Waals surface area contributed by atoms with Crippen molar-refractivity contribution in [3.8, 4) is 61.3 Å². The summed E-state index contributed by atoms with van der Waals surface area (Å²) in [6.07, 6.45) is 12.3. The number of benzene rings is 11. The number of thiophene rings is 1. The molecule has 81 heavy (non-hydrogen) atoms. The fraction of sp³-hybridized carbons (Fsp3) is 0.0385. The summed E-state index contributed by atoms with van der Waals surface area (Å²) in [7, 11) is 0. The first kappa shape index (κ1) is 49.4. The van der Waals surface area contributed by atoms with Gasteiger partial charge in [-0.05, 0) is 128 Å². The van der Waals surface area contributed by atoms with Crippen molar-refractivity contribution >= 4 is 75.9 Å². The van der Waals surface area contributed by atoms with Gasteiger partial charge in [0.1, 0.15) is 0 Å². The van der Waals surface area contributed by atoms with Gasteiger partial charge in [0.25, 0.3) is 0 Å². The largest absolute Gasteiger partial charge is 0.309 e. The minimum atomic E-state index is 0.442. The first-order valence-corrected chi connectivity index (χ1v) is 28.8. The summed E-state index contributed by atoms with van der Waals surface area (Å²) in [6, 6.07) is 94.9. The van der Waals surface area contributed by atoms with Crippen LogP contribution in [0.1, 0.15) is 30.0 Å². The van der Waals surface area contributed by atoms with E-state index in [1.165, 1.54) is 86.5 Å². The lowest BCUT2D eigenvalue weighted by Crippen LogP contribution is -2.03. The molecule has 13 aromatic rings. The minimum Gasteiger partial charge on any atom is -0.309 e. The van der Waals surface area contributed by atoms with Crippen LogP contribution in [-0.2, 0) is 0 Å². The van der Waals surface area contributed by atoms with Gasteiger partial charge in [0.2, 0.25) is 0 Å². The molecule has 0 radical (unpaired) electrons. The molecule has 1 atom stereocenters. The summed E-state index contributed by atoms with van der Waals surface area (Å²) in [5, 5.41) is 5.03. The fourth-order valence-electron chi connectivity index (χ4n) is 12.0. The van der Waals surface area contributed by atoms with Gasteiger partial charge in [-0.1, -0.05) is 256 Å². The van der Waals surface area contributed by atoms with Crippen molar-refractivity contribution in [2.45, 2.75) is 13.3 Å². The first-order valence-electron chi connectivity index (χ1n) is 27.9. The molecule has 2 nitrogen and oxygen atoms in total. The average Bonchev–Trinajstić information content (AvgIpc) is 2.53. The number of aromatic nitrogens is 1. The van der Waals surface area contributed by atoms with Crippen molar-refractivity contribution in [1.29, 1.82) is 0 Å². The van der Waals surface area contributed by atoms with Crippen molar-refractivity contribution < 1.29 is 0 Å². The van der Waals surface area contributed by atoms with E-state index >= 15 is 0 Å². The molecule has 0 N–H and O–H groups in total. The maximum Gasteiger partial charge on any atom is 0.0715 e. The lowest BCUT2D eigenvalue weighted by atomic mass is 9.79. The van der Waals surface area contributed by atoms with Gasteiger partial charge in [0, 0.05) is 53.3 Å². The first-order chi connectivity index (χ1) is 40.0. The summed E-state index contributed by atoms with van der Waals surface area (Å²) in [6.45, 7) is 6.50. The number of hydrogen-bond acceptors (Lipinski definition) is 2. The maximum atomic E-state index is 5.31. The monoisotopic (exact) mass is 1050 g/mol. The Bertz CT molecular complexity index is 4640. The Kier molecular flexibility index (Phi) is 13.0. The zero-order valence-electron chi connectivity index (χ0n) is 45.0. The topological polar surface area (TPSA) is 17.3 Å². The van der Waals surface area contributed by atoms with E-state index in [0.717, 1.165) is 62.4 Å². The predicted molar refractivity (Wildman–Crippen MR) is 349 cm³/mol. The third-order valence-corrected chi connectivity index (χ3v) is 17.1. The van der Waals surface area contributed by atoms with E-state index < -0.39 is 0 Å². The van der Waals surface area contributed by atoms with Gasteiger partial charge in [-0.25, -0.2) is 4.99 Å². The van der Waals surface area contributed by atoms with Gasteiger partial charge < -0.3 is 4.57 Å². The highest BCUT2D eigenvalue weighted by Gasteiger charge is 2.30. The Hall–Kier alpha value is -9.93. The molecule has 14 rings (SSSR count). The second-order valence-electron chi connectivity index (χ2n) is 21.1. The molecule has 3 heteroatoms. The van der Waals surface area contributed by atoms with E-state index in [9.17, 15) is 0 Å². The average molecular weight is 1050 g/mol. The number of fused-ring (bicyclic) bond motifs is 6. The van der Waals surface area contributed by atoms with E-state index in [1.807, 2.05) is 29.5 Å². The zero-order valence-corrected chi connectivity index (χ0v) is 45.8. The number of rotatable bonds is 12. The molecule has 0 saturated heterocycles. The molecule has 1 unspecified atom stereocenters. The third kappa shape index (κ3) is 9.28. The SMILES string of the molecule is C=C/C(=C\C(=Nc1ccc(-c2ccc3c4c(C5=CCC(C)C=C5)c(-c5ccccc5)c(-c5ccccc5)c(-c5ccccc5)c4n(-c4cccc(-c5ccc6c(c5)sc5ccccc56)c4)c3c2)cc1)c1ccccc1)c1ccccc1. The summed E-state index contributed by atoms with van der Waals surface area (Å²) >= 11 is 1.86. The van der Waals surface area contributed by atoms with E-state index in [4.69, 9.17) is 4.99 Å². The third-order valence-electron chi connectivity index (χ3n) is 16.0. The molecule has 2 aromatic heterocycles. The van der Waals surface area contributed by atoms with E-state index in [2.05, 4.69) is 291 Å². The van der Waals surface area contributed by atoms with Crippen LogP contribution in [0.4, 0.5) is 5.69 Å². The van der Waals surface area contributed by atoms with Gasteiger partial charge in [-0.2, -0.15) is 0 Å². The standard InChI is InChI=1S/C78H56N2S/c1-3-53(54-22-9-4-10-23-54)49-69(56-24-11-5-12-25-56)79-64-44-40-55(41-45-64)62-43-47-68-70(50-62)80(65-33-21-32-61(48-65)63-42-46-67-66-34-19-20-35-71(66)81-72(67)51-63)78-76(59-30-17-8-18-31-59)74(58-28-15-7-16-29-58)73(57-26-13-6-14-27-57)75(77(68)78)60-38-36-52(2)37-39-60/h3-36,38-52H,1,37H2,2H3/b53-49+,79-69?. The molecular formula is C78H56N2S. The molecule has 0 bridgehead atoms. The van der Waals surface area contributed by atoms with Crippen LogP contribution in [0.15, 0.2) is 303 Å². The quantitative estimate of drug-likeness (QED) is 0.0857. The van der Waals surface area contributed by atoms with Crippen LogP contribution in [0, 0.1) is 5.92 Å². The highest BCUT2D eigenvalue weighted by Crippen LogP contribution is 2.54. The molecule has 384 valence electrons. The maximum absolute atomic E-state index is 5.31. The number of nitrogens with zero attached hydrogens (tertiary/aromatic N) is 2. The second kappa shape index (κ2) is 21.4. The van der Waals surface area contributed by atoms with Gasteiger partial charge in [-0.15, -0.1) is 11.3 Å². The van der Waals surface area contributed by atoms with Crippen LogP contribution in [0.25, 0.3) is 114 Å². The Morgan fingerprint density at radius 2 is 1.02 bits per heavy atom. The number of hydrogen-bond donors (Lipinski definition) is 0. The fourth-order valence-corrected chi connectivity index (χ4v) is 13.2. The van der Waals surface area contributed by atoms with E-state index in [-0.39, 0.29) is 0 Å². The van der Waals surface area contributed by atoms with Gasteiger partial charge in [0.05, 0.1) is 22.4 Å². The van der Waals surface area contributed by atoms with Crippen LogP contribution >= 0.6 is 11.3 Å². The van der Waals surface area contributed by atoms with Crippen LogP contribution < -0.4 is 0 Å². The minimum absolute atomic E-state index is 0.442. The van der Waals surface area contributed by atoms with Crippen LogP contribution in [0.2, 0.25) is 0 Å². The molecule has 1 aliphatic carbocycles. The Morgan fingerprint density at radius 3 is 1.68 bits per heavy atom. The van der Waals surface area contributed by atoms with Crippen LogP contribution in [0.5, 0.6) is 0 Å². The molecule has 0 saturated carbocycles. The van der Waals surface area contributed by atoms with Crippen LogP contribution in [-0.4, -0.2) is 10.3 Å². The molecule has 0 spiro atoms. The van der Waals surface area contributed by atoms with Crippen molar-refractivity contribution in [3.63, 3.8) is 0 Å². The predicted octanol–water partition coefficient (Wildman–Crippen LogP) is 21.9. The van der Waals surface area contributed by atoms with E-state index in [1.54, 1.807) is 0 Å². The lowest BCUT2D eigenvalue weighted by Gasteiger charge is -2.25. The van der Waals surface area contributed by atoms with Crippen molar-refractivity contribution in [2.24, 2.45) is 10.9 Å². The highest BCUT2D eigenvalue weighted by atomic mass is 32.1. The Morgan fingerprint density at radius 1 is 0.481 bits per heavy atom. The molecule has 0 amide bonds. The van der Waals surface area contributed by atoms with E-state index in [0.29, 0.717) is 5.92 Å². The van der Waals surface area contributed by atoms with Crippen LogP contribution in [0.3, 0.4) is 0 Å². The zero-order chi connectivity index (χ0) is 54.2. The summed E-state index contributed by atoms with van der Waals surface area (Å²) in [5.41, 5.74) is 22.5. The summed E-state index contributed by atoms with van der Waals surface area (Å²) in [4.78, 5) is 5.31. The Labute approximate surface area is 477 Å². The Balaban J connectivity index is 1.05. The molecule has 0 fully saturated rings. The number of allylic oxidation sites excluding steroid dienone is 7. The van der Waals surface area contributed by atoms with Crippen molar-refractivity contribution in [3.05, 3.63) is 315 Å². The normalized spacial score (nSPS) is 13.8. The van der Waals surface area contributed by atoms with Gasteiger partial charge >= 0.3 is 0 Å². The van der Waals surface area contributed by atoms with Crippen molar-refractivity contribution in [2.75, 3.05) is 0 Å². The van der Waals surface area contributed by atoms with Gasteiger partial charge in [0.15, 0.2) is 0 Å². The smallest absolute Gasteiger partial charge is 0.0715 e.